The monoisotopic (exact) mass is 346 g/mol. The summed E-state index contributed by atoms with van der Waals surface area (Å²) in [5, 5.41) is 3.66. The molecule has 2 aromatic heterocycles. The van der Waals surface area contributed by atoms with Crippen LogP contribution in [0.1, 0.15) is 35.7 Å². The number of methoxy groups -OCH3 is 1. The van der Waals surface area contributed by atoms with E-state index in [1.165, 1.54) is 11.1 Å². The number of nitrogens with one attached hydrogen (secondary N) is 1. The number of hydrogen-bond acceptors (Lipinski definition) is 5. The van der Waals surface area contributed by atoms with E-state index in [0.29, 0.717) is 0 Å². The molecule has 0 saturated heterocycles. The van der Waals surface area contributed by atoms with Gasteiger partial charge in [0.2, 0.25) is 0 Å². The molecule has 2 heterocycles. The van der Waals surface area contributed by atoms with Crippen molar-refractivity contribution in [2.75, 3.05) is 7.11 Å². The van der Waals surface area contributed by atoms with Gasteiger partial charge in [0.25, 0.3) is 0 Å². The fourth-order valence-electron chi connectivity index (χ4n) is 3.42. The molecule has 0 spiro atoms. The van der Waals surface area contributed by atoms with E-state index in [1.54, 1.807) is 13.3 Å². The van der Waals surface area contributed by atoms with E-state index in [0.717, 1.165) is 48.6 Å². The molecule has 1 atom stereocenters. The Balaban J connectivity index is 1.52. The van der Waals surface area contributed by atoms with Crippen LogP contribution in [-0.4, -0.2) is 22.1 Å². The first kappa shape index (κ1) is 16.7. The summed E-state index contributed by atoms with van der Waals surface area (Å²) >= 11 is 0. The first-order chi connectivity index (χ1) is 12.8. The number of rotatable bonds is 5. The number of aryl methyl sites for hydroxylation is 1. The highest BCUT2D eigenvalue weighted by atomic mass is 16.5. The van der Waals surface area contributed by atoms with Gasteiger partial charge in [-0.1, -0.05) is 12.1 Å². The van der Waals surface area contributed by atoms with Crippen LogP contribution >= 0.6 is 0 Å². The van der Waals surface area contributed by atoms with E-state index in [1.807, 2.05) is 36.7 Å². The SMILES string of the molecule is COc1cccc(CN[C@@H]2CCCc3nc(-c4cccnc4)ncc32)c1. The lowest BCUT2D eigenvalue weighted by atomic mass is 9.92. The first-order valence-corrected chi connectivity index (χ1v) is 8.96. The average Bonchev–Trinajstić information content (AvgIpc) is 2.72. The fraction of sp³-hybridized carbons (Fsp3) is 0.286. The minimum atomic E-state index is 0.285. The van der Waals surface area contributed by atoms with Crippen molar-refractivity contribution < 1.29 is 4.74 Å². The largest absolute Gasteiger partial charge is 0.497 e. The number of hydrogen-bond donors (Lipinski definition) is 1. The molecule has 1 aliphatic rings. The number of ether oxygens (including phenoxy) is 1. The summed E-state index contributed by atoms with van der Waals surface area (Å²) < 4.78 is 5.31. The topological polar surface area (TPSA) is 59.9 Å². The molecule has 0 bridgehead atoms. The van der Waals surface area contributed by atoms with E-state index in [4.69, 9.17) is 9.72 Å². The minimum absolute atomic E-state index is 0.285. The van der Waals surface area contributed by atoms with Gasteiger partial charge in [0.05, 0.1) is 7.11 Å². The molecule has 1 aromatic carbocycles. The lowest BCUT2D eigenvalue weighted by Gasteiger charge is -2.26. The second-order valence-electron chi connectivity index (χ2n) is 6.51. The van der Waals surface area contributed by atoms with Gasteiger partial charge in [0, 0.05) is 48.0 Å². The van der Waals surface area contributed by atoms with Gasteiger partial charge in [0.15, 0.2) is 5.82 Å². The van der Waals surface area contributed by atoms with Crippen LogP contribution in [0.15, 0.2) is 55.0 Å². The van der Waals surface area contributed by atoms with Crippen LogP contribution < -0.4 is 10.1 Å². The van der Waals surface area contributed by atoms with Crippen molar-refractivity contribution in [2.45, 2.75) is 31.8 Å². The Bertz CT molecular complexity index is 882. The number of fused-ring (bicyclic) bond motifs is 1. The summed E-state index contributed by atoms with van der Waals surface area (Å²) in [5.41, 5.74) is 4.53. The van der Waals surface area contributed by atoms with Gasteiger partial charge in [-0.2, -0.15) is 0 Å². The highest BCUT2D eigenvalue weighted by Gasteiger charge is 2.22. The molecule has 0 amide bonds. The molecule has 0 fully saturated rings. The van der Waals surface area contributed by atoms with Crippen molar-refractivity contribution in [1.29, 1.82) is 0 Å². The maximum atomic E-state index is 5.31. The third kappa shape index (κ3) is 3.58. The Morgan fingerprint density at radius 3 is 3.00 bits per heavy atom. The summed E-state index contributed by atoms with van der Waals surface area (Å²) in [7, 11) is 1.70. The van der Waals surface area contributed by atoms with Crippen LogP contribution in [0.3, 0.4) is 0 Å². The third-order valence-electron chi connectivity index (χ3n) is 4.79. The molecule has 0 aliphatic heterocycles. The number of benzene rings is 1. The highest BCUT2D eigenvalue weighted by molar-refractivity contribution is 5.53. The van der Waals surface area contributed by atoms with Crippen molar-refractivity contribution >= 4 is 0 Å². The third-order valence-corrected chi connectivity index (χ3v) is 4.79. The van der Waals surface area contributed by atoms with Gasteiger partial charge in [-0.25, -0.2) is 9.97 Å². The van der Waals surface area contributed by atoms with E-state index >= 15 is 0 Å². The smallest absolute Gasteiger partial charge is 0.160 e. The van der Waals surface area contributed by atoms with E-state index in [9.17, 15) is 0 Å². The first-order valence-electron chi connectivity index (χ1n) is 8.96. The number of pyridine rings is 1. The van der Waals surface area contributed by atoms with Crippen LogP contribution in [0.2, 0.25) is 0 Å². The summed E-state index contributed by atoms with van der Waals surface area (Å²) in [5.74, 6) is 1.64. The standard InChI is InChI=1S/C21H22N4O/c1-26-17-7-2-5-15(11-17)12-23-19-8-3-9-20-18(19)14-24-21(25-20)16-6-4-10-22-13-16/h2,4-7,10-11,13-14,19,23H,3,8-9,12H2,1H3/t19-/m1/s1. The Morgan fingerprint density at radius 2 is 2.15 bits per heavy atom. The van der Waals surface area contributed by atoms with Crippen LogP contribution in [-0.2, 0) is 13.0 Å². The van der Waals surface area contributed by atoms with Crippen LogP contribution in [0.4, 0.5) is 0 Å². The van der Waals surface area contributed by atoms with Gasteiger partial charge in [0.1, 0.15) is 5.75 Å². The lowest BCUT2D eigenvalue weighted by Crippen LogP contribution is -2.26. The average molecular weight is 346 g/mol. The van der Waals surface area contributed by atoms with Crippen molar-refractivity contribution in [2.24, 2.45) is 0 Å². The quantitative estimate of drug-likeness (QED) is 0.763. The van der Waals surface area contributed by atoms with E-state index in [2.05, 4.69) is 27.4 Å². The van der Waals surface area contributed by atoms with Gasteiger partial charge < -0.3 is 10.1 Å². The lowest BCUT2D eigenvalue weighted by molar-refractivity contribution is 0.413. The zero-order chi connectivity index (χ0) is 17.8. The van der Waals surface area contributed by atoms with Crippen molar-refractivity contribution in [3.63, 3.8) is 0 Å². The van der Waals surface area contributed by atoms with Crippen LogP contribution in [0.25, 0.3) is 11.4 Å². The molecule has 132 valence electrons. The molecule has 0 saturated carbocycles. The van der Waals surface area contributed by atoms with Gasteiger partial charge in [-0.15, -0.1) is 0 Å². The van der Waals surface area contributed by atoms with Crippen molar-refractivity contribution in [3.8, 4) is 17.1 Å². The second-order valence-corrected chi connectivity index (χ2v) is 6.51. The molecule has 1 aliphatic carbocycles. The summed E-state index contributed by atoms with van der Waals surface area (Å²) in [6.45, 7) is 0.797. The van der Waals surface area contributed by atoms with Gasteiger partial charge >= 0.3 is 0 Å². The van der Waals surface area contributed by atoms with Crippen molar-refractivity contribution in [1.82, 2.24) is 20.3 Å². The Hall–Kier alpha value is -2.79. The molecule has 1 N–H and O–H groups in total. The maximum absolute atomic E-state index is 5.31. The Kier molecular flexibility index (Phi) is 4.88. The molecule has 5 nitrogen and oxygen atoms in total. The Labute approximate surface area is 153 Å². The Morgan fingerprint density at radius 1 is 1.19 bits per heavy atom. The maximum Gasteiger partial charge on any atom is 0.160 e. The molecular formula is C21H22N4O. The molecule has 0 radical (unpaired) electrons. The van der Waals surface area contributed by atoms with E-state index in [-0.39, 0.29) is 6.04 Å². The second kappa shape index (κ2) is 7.62. The zero-order valence-corrected chi connectivity index (χ0v) is 14.9. The summed E-state index contributed by atoms with van der Waals surface area (Å²) in [6, 6.07) is 12.4. The predicted octanol–water partition coefficient (Wildman–Crippen LogP) is 3.71. The van der Waals surface area contributed by atoms with Crippen molar-refractivity contribution in [3.05, 3.63) is 71.8 Å². The van der Waals surface area contributed by atoms with Gasteiger partial charge in [-0.3, -0.25) is 4.98 Å². The van der Waals surface area contributed by atoms with Crippen LogP contribution in [0.5, 0.6) is 5.75 Å². The van der Waals surface area contributed by atoms with Gasteiger partial charge in [-0.05, 0) is 49.1 Å². The zero-order valence-electron chi connectivity index (χ0n) is 14.9. The minimum Gasteiger partial charge on any atom is -0.497 e. The normalized spacial score (nSPS) is 16.1. The molecule has 4 rings (SSSR count). The molecule has 5 heteroatoms. The fourth-order valence-corrected chi connectivity index (χ4v) is 3.42. The van der Waals surface area contributed by atoms with E-state index < -0.39 is 0 Å². The molecule has 26 heavy (non-hydrogen) atoms. The summed E-state index contributed by atoms with van der Waals surface area (Å²) in [4.78, 5) is 13.6. The molecule has 3 aromatic rings. The highest BCUT2D eigenvalue weighted by Crippen LogP contribution is 2.29. The molecular weight excluding hydrogens is 324 g/mol. The predicted molar refractivity (Wildman–Crippen MR) is 101 cm³/mol. The summed E-state index contributed by atoms with van der Waals surface area (Å²) in [6.07, 6.45) is 8.79. The molecule has 0 unspecified atom stereocenters. The number of aromatic nitrogens is 3. The number of nitrogens with zero attached hydrogens (tertiary/aromatic N) is 3. The van der Waals surface area contributed by atoms with Crippen LogP contribution in [0, 0.1) is 0 Å².